The van der Waals surface area contributed by atoms with Crippen molar-refractivity contribution in [3.63, 3.8) is 0 Å². The molecule has 0 aliphatic rings. The van der Waals surface area contributed by atoms with E-state index in [0.717, 1.165) is 0 Å². The number of hydrogen-bond donors (Lipinski definition) is 5. The number of anilines is 2. The first-order valence-electron chi connectivity index (χ1n) is 9.11. The molecule has 33 heavy (non-hydrogen) atoms. The van der Waals surface area contributed by atoms with E-state index in [1.165, 1.54) is 18.3 Å². The fourth-order valence-electron chi connectivity index (χ4n) is 2.69. The van der Waals surface area contributed by atoms with E-state index in [1.54, 1.807) is 18.4 Å². The zero-order valence-corrected chi connectivity index (χ0v) is 18.6. The van der Waals surface area contributed by atoms with Crippen molar-refractivity contribution in [3.05, 3.63) is 52.1 Å². The van der Waals surface area contributed by atoms with Crippen LogP contribution in [0.25, 0.3) is 11.2 Å². The SMILES string of the molecule is Nc1nc2ncc(CNc3ccc(C(=O)N[C@@H](CC[C-]=O)C(=O)O)cc3)nc2c(=O)[nH]1.[Cu].[Ni]. The predicted molar refractivity (Wildman–Crippen MR) is 110 cm³/mol. The van der Waals surface area contributed by atoms with E-state index in [-0.39, 0.29) is 75.6 Å². The van der Waals surface area contributed by atoms with Crippen molar-refractivity contribution in [2.75, 3.05) is 11.1 Å². The summed E-state index contributed by atoms with van der Waals surface area (Å²) < 4.78 is 0. The molecule has 1 atom stereocenters. The molecule has 0 bridgehead atoms. The number of carbonyl (C=O) groups excluding carboxylic acids is 2. The Balaban J connectivity index is 0.00000272. The number of H-pyrrole nitrogens is 1. The summed E-state index contributed by atoms with van der Waals surface area (Å²) in [6.07, 6.45) is 2.94. The minimum atomic E-state index is -1.23. The molecule has 0 unspecified atom stereocenters. The number of rotatable bonds is 9. The number of carboxylic acid groups (broad SMARTS) is 1. The third kappa shape index (κ3) is 7.35. The standard InChI is InChI=1S/C19H18N7O5.Cu.Ni/c20-19-25-15-14(17(29)26-19)23-12(9-22-15)8-21-11-5-3-10(4-6-11)16(28)24-13(18(30)31)2-1-7-27;;/h3-6,9,13,21H,1-2,8H2,(H,24,28)(H,30,31)(H3,20,22,25,26,29);;/q-1;;/t13-;;/m0../s1. The number of carboxylic acids is 1. The number of carbonyl (C=O) groups is 2. The van der Waals surface area contributed by atoms with E-state index in [2.05, 4.69) is 30.6 Å². The summed E-state index contributed by atoms with van der Waals surface area (Å²) in [4.78, 5) is 60.2. The van der Waals surface area contributed by atoms with Crippen molar-refractivity contribution in [3.8, 4) is 0 Å². The van der Waals surface area contributed by atoms with Crippen LogP contribution >= 0.6 is 0 Å². The molecule has 14 heteroatoms. The Kier molecular flexibility index (Phi) is 10.6. The van der Waals surface area contributed by atoms with Gasteiger partial charge in [0.25, 0.3) is 11.5 Å². The molecule has 0 saturated carbocycles. The van der Waals surface area contributed by atoms with E-state index in [0.29, 0.717) is 11.4 Å². The quantitative estimate of drug-likeness (QED) is 0.180. The maximum absolute atomic E-state index is 12.2. The molecule has 0 aliphatic carbocycles. The van der Waals surface area contributed by atoms with Crippen LogP contribution < -0.4 is 21.9 Å². The smallest absolute Gasteiger partial charge is 0.326 e. The zero-order valence-electron chi connectivity index (χ0n) is 16.7. The van der Waals surface area contributed by atoms with Gasteiger partial charge in [0.05, 0.1) is 18.4 Å². The molecule has 1 aromatic carbocycles. The number of nitrogens with one attached hydrogen (secondary N) is 3. The second kappa shape index (κ2) is 12.6. The molecule has 181 valence electrons. The van der Waals surface area contributed by atoms with Gasteiger partial charge >= 0.3 is 5.97 Å². The Bertz CT molecular complexity index is 1190. The summed E-state index contributed by atoms with van der Waals surface area (Å²) in [5.41, 5.74) is 6.61. The largest absolute Gasteiger partial charge is 0.542 e. The number of aromatic amines is 1. The van der Waals surface area contributed by atoms with Gasteiger partial charge < -0.3 is 26.3 Å². The molecular formula is C19H18CuN7NiO5-. The molecule has 2 aromatic heterocycles. The average molecular weight is 547 g/mol. The summed E-state index contributed by atoms with van der Waals surface area (Å²) >= 11 is 0. The van der Waals surface area contributed by atoms with Crippen LogP contribution in [0.4, 0.5) is 11.6 Å². The summed E-state index contributed by atoms with van der Waals surface area (Å²) in [6.45, 7) is 0.252. The molecule has 0 fully saturated rings. The number of benzene rings is 1. The van der Waals surface area contributed by atoms with Gasteiger partial charge in [-0.15, -0.1) is 6.42 Å². The van der Waals surface area contributed by atoms with Crippen LogP contribution in [0.2, 0.25) is 0 Å². The van der Waals surface area contributed by atoms with Crippen molar-refractivity contribution in [1.29, 1.82) is 0 Å². The number of aliphatic carboxylic acids is 1. The van der Waals surface area contributed by atoms with Crippen LogP contribution in [-0.4, -0.2) is 49.2 Å². The number of nitrogens with zero attached hydrogens (tertiary/aromatic N) is 3. The van der Waals surface area contributed by atoms with E-state index in [4.69, 9.17) is 10.8 Å². The Morgan fingerprint density at radius 1 is 1.21 bits per heavy atom. The van der Waals surface area contributed by atoms with Gasteiger partial charge in [-0.3, -0.25) is 20.9 Å². The van der Waals surface area contributed by atoms with Crippen molar-refractivity contribution >= 4 is 41.0 Å². The number of nitrogens with two attached hydrogens (primary N) is 1. The van der Waals surface area contributed by atoms with E-state index >= 15 is 0 Å². The molecular weight excluding hydrogens is 528 g/mol. The Morgan fingerprint density at radius 3 is 2.55 bits per heavy atom. The predicted octanol–water partition coefficient (Wildman–Crippen LogP) is -0.0247. The summed E-state index contributed by atoms with van der Waals surface area (Å²) in [6, 6.07) is 5.13. The maximum Gasteiger partial charge on any atom is 0.326 e. The van der Waals surface area contributed by atoms with Gasteiger partial charge in [0.1, 0.15) is 6.04 Å². The van der Waals surface area contributed by atoms with Gasteiger partial charge in [0, 0.05) is 44.8 Å². The fourth-order valence-corrected chi connectivity index (χ4v) is 2.69. The number of fused-ring (bicyclic) bond motifs is 1. The topological polar surface area (TPSA) is 193 Å². The molecule has 0 spiro atoms. The number of amides is 1. The van der Waals surface area contributed by atoms with Gasteiger partial charge in [-0.2, -0.15) is 4.98 Å². The molecule has 0 aliphatic heterocycles. The summed E-state index contributed by atoms with van der Waals surface area (Å²) in [7, 11) is 0. The summed E-state index contributed by atoms with van der Waals surface area (Å²) in [5, 5.41) is 14.6. The van der Waals surface area contributed by atoms with Crippen LogP contribution in [0.15, 0.2) is 35.3 Å². The van der Waals surface area contributed by atoms with Gasteiger partial charge in [0.2, 0.25) is 5.95 Å². The van der Waals surface area contributed by atoms with E-state index < -0.39 is 23.5 Å². The fraction of sp³-hybridized carbons (Fsp3) is 0.211. The molecule has 12 nitrogen and oxygen atoms in total. The third-order valence-corrected chi connectivity index (χ3v) is 4.25. The Labute approximate surface area is 207 Å². The van der Waals surface area contributed by atoms with Crippen molar-refractivity contribution in [1.82, 2.24) is 25.3 Å². The molecule has 2 heterocycles. The number of aromatic nitrogens is 4. The van der Waals surface area contributed by atoms with Crippen molar-refractivity contribution < 1.29 is 53.1 Å². The van der Waals surface area contributed by atoms with Crippen LogP contribution in [0.3, 0.4) is 0 Å². The van der Waals surface area contributed by atoms with Gasteiger partial charge in [-0.1, -0.05) is 0 Å². The minimum absolute atomic E-state index is 0. The first kappa shape index (κ1) is 27.7. The first-order valence-corrected chi connectivity index (χ1v) is 9.11. The zero-order chi connectivity index (χ0) is 22.4. The van der Waals surface area contributed by atoms with E-state index in [1.807, 2.05) is 0 Å². The van der Waals surface area contributed by atoms with Gasteiger partial charge in [-0.25, -0.2) is 14.8 Å². The van der Waals surface area contributed by atoms with Crippen molar-refractivity contribution in [2.45, 2.75) is 25.4 Å². The third-order valence-electron chi connectivity index (χ3n) is 4.25. The average Bonchev–Trinajstić information content (AvgIpc) is 2.75. The maximum atomic E-state index is 12.2. The van der Waals surface area contributed by atoms with E-state index in [9.17, 15) is 19.2 Å². The molecule has 3 rings (SSSR count). The molecule has 0 saturated heterocycles. The van der Waals surface area contributed by atoms with Crippen LogP contribution in [0, 0.1) is 0 Å². The van der Waals surface area contributed by atoms with Crippen molar-refractivity contribution in [2.24, 2.45) is 0 Å². The molecule has 3 aromatic rings. The Morgan fingerprint density at radius 2 is 1.91 bits per heavy atom. The van der Waals surface area contributed by atoms with Crippen LogP contribution in [-0.2, 0) is 49.7 Å². The molecule has 1 radical (unpaired) electrons. The second-order valence-corrected chi connectivity index (χ2v) is 6.46. The van der Waals surface area contributed by atoms with Gasteiger partial charge in [0.15, 0.2) is 11.2 Å². The number of hydrogen-bond acceptors (Lipinski definition) is 9. The van der Waals surface area contributed by atoms with Crippen LogP contribution in [0.1, 0.15) is 28.9 Å². The molecule has 6 N–H and O–H groups in total. The summed E-state index contributed by atoms with van der Waals surface area (Å²) in [5.74, 6) is -1.84. The minimum Gasteiger partial charge on any atom is -0.542 e. The van der Waals surface area contributed by atoms with Crippen LogP contribution in [0.5, 0.6) is 0 Å². The van der Waals surface area contributed by atoms with Gasteiger partial charge in [-0.05, 0) is 30.7 Å². The molecule has 1 amide bonds. The number of nitrogen functional groups attached to an aromatic ring is 1. The normalized spacial score (nSPS) is 10.9. The second-order valence-electron chi connectivity index (χ2n) is 6.46. The first-order chi connectivity index (χ1) is 14.9. The Hall–Kier alpha value is -3.34. The monoisotopic (exact) mass is 545 g/mol.